The van der Waals surface area contributed by atoms with Gasteiger partial charge < -0.3 is 28.8 Å². The van der Waals surface area contributed by atoms with E-state index >= 15 is 0 Å². The van der Waals surface area contributed by atoms with Crippen molar-refractivity contribution in [3.63, 3.8) is 0 Å². The molecule has 8 nitrogen and oxygen atoms in total. The average molecular weight is 741 g/mol. The van der Waals surface area contributed by atoms with Gasteiger partial charge in [-0.3, -0.25) is 9.36 Å². The predicted molar refractivity (Wildman–Crippen MR) is 215 cm³/mol. The Kier molecular flexibility index (Phi) is 33.6. The molecule has 0 aromatic carbocycles. The number of hydrogen-bond donors (Lipinski definition) is 2. The fraction of sp³-hybridized carbons (Fsp3) is 0.833. The minimum absolute atomic E-state index is 0.00816. The highest BCUT2D eigenvalue weighted by Crippen LogP contribution is 2.38. The number of rotatable bonds is 37. The SMILES string of the molecule is CCCCCCCCC/C=C/CC/C=C/CC/C=C/C(O)C(COP(=O)([O-])OCC[N+](C)(C)C)NC(=O)CCCCCCCCCCCCCC. The summed E-state index contributed by atoms with van der Waals surface area (Å²) in [6.07, 6.45) is 40.4. The van der Waals surface area contributed by atoms with E-state index in [9.17, 15) is 19.4 Å². The Bertz CT molecular complexity index is 933. The summed E-state index contributed by atoms with van der Waals surface area (Å²) < 4.78 is 23.1. The van der Waals surface area contributed by atoms with E-state index in [1.807, 2.05) is 27.2 Å². The zero-order chi connectivity index (χ0) is 37.9. The molecule has 0 saturated carbocycles. The maximum absolute atomic E-state index is 12.8. The van der Waals surface area contributed by atoms with Crippen molar-refractivity contribution in [1.29, 1.82) is 0 Å². The van der Waals surface area contributed by atoms with Crippen molar-refractivity contribution in [3.8, 4) is 0 Å². The molecule has 0 aliphatic heterocycles. The van der Waals surface area contributed by atoms with E-state index in [2.05, 4.69) is 43.5 Å². The van der Waals surface area contributed by atoms with Crippen LogP contribution in [0.25, 0.3) is 0 Å². The monoisotopic (exact) mass is 741 g/mol. The van der Waals surface area contributed by atoms with Crippen LogP contribution in [0.5, 0.6) is 0 Å². The minimum Gasteiger partial charge on any atom is -0.756 e. The number of likely N-dealkylation sites (N-methyl/N-ethyl adjacent to an activating group) is 1. The van der Waals surface area contributed by atoms with Gasteiger partial charge in [0.25, 0.3) is 7.82 Å². The summed E-state index contributed by atoms with van der Waals surface area (Å²) >= 11 is 0. The van der Waals surface area contributed by atoms with Crippen LogP contribution in [-0.4, -0.2) is 68.5 Å². The number of amides is 1. The van der Waals surface area contributed by atoms with Crippen LogP contribution >= 0.6 is 7.82 Å². The van der Waals surface area contributed by atoms with E-state index in [-0.39, 0.29) is 12.5 Å². The highest BCUT2D eigenvalue weighted by Gasteiger charge is 2.23. The van der Waals surface area contributed by atoms with E-state index < -0.39 is 26.6 Å². The van der Waals surface area contributed by atoms with Crippen molar-refractivity contribution < 1.29 is 32.9 Å². The molecule has 51 heavy (non-hydrogen) atoms. The van der Waals surface area contributed by atoms with Crippen molar-refractivity contribution >= 4 is 13.7 Å². The Balaban J connectivity index is 4.56. The summed E-state index contributed by atoms with van der Waals surface area (Å²) in [5.41, 5.74) is 0. The summed E-state index contributed by atoms with van der Waals surface area (Å²) in [6, 6.07) is -0.904. The molecular weight excluding hydrogens is 659 g/mol. The zero-order valence-electron chi connectivity index (χ0n) is 33.8. The van der Waals surface area contributed by atoms with Gasteiger partial charge in [-0.05, 0) is 44.9 Å². The normalized spacial score (nSPS) is 14.9. The highest BCUT2D eigenvalue weighted by molar-refractivity contribution is 7.45. The lowest BCUT2D eigenvalue weighted by Gasteiger charge is -2.29. The smallest absolute Gasteiger partial charge is 0.268 e. The molecule has 0 saturated heterocycles. The van der Waals surface area contributed by atoms with Gasteiger partial charge in [-0.15, -0.1) is 0 Å². The number of aliphatic hydroxyl groups is 1. The second-order valence-corrected chi connectivity index (χ2v) is 16.7. The first-order valence-electron chi connectivity index (χ1n) is 20.9. The Morgan fingerprint density at radius 3 is 1.59 bits per heavy atom. The molecule has 2 N–H and O–H groups in total. The second kappa shape index (κ2) is 34.5. The second-order valence-electron chi connectivity index (χ2n) is 15.3. The van der Waals surface area contributed by atoms with E-state index in [4.69, 9.17) is 9.05 Å². The van der Waals surface area contributed by atoms with Gasteiger partial charge >= 0.3 is 0 Å². The Morgan fingerprint density at radius 1 is 0.667 bits per heavy atom. The number of carbonyl (C=O) groups excluding carboxylic acids is 1. The minimum atomic E-state index is -4.59. The van der Waals surface area contributed by atoms with E-state index in [0.29, 0.717) is 17.4 Å². The van der Waals surface area contributed by atoms with E-state index in [1.54, 1.807) is 6.08 Å². The fourth-order valence-electron chi connectivity index (χ4n) is 5.71. The number of hydrogen-bond acceptors (Lipinski definition) is 6. The molecule has 0 aliphatic rings. The summed E-state index contributed by atoms with van der Waals surface area (Å²) in [5.74, 6) is -0.214. The van der Waals surface area contributed by atoms with Gasteiger partial charge in [0.2, 0.25) is 5.91 Å². The molecular formula is C42H81N2O6P. The number of quaternary nitrogens is 1. The van der Waals surface area contributed by atoms with Gasteiger partial charge in [0.1, 0.15) is 13.2 Å². The molecule has 0 radical (unpaired) electrons. The summed E-state index contributed by atoms with van der Waals surface area (Å²) in [7, 11) is 1.23. The van der Waals surface area contributed by atoms with Crippen molar-refractivity contribution in [2.75, 3.05) is 40.9 Å². The lowest BCUT2D eigenvalue weighted by molar-refractivity contribution is -0.870. The van der Waals surface area contributed by atoms with E-state index in [1.165, 1.54) is 109 Å². The molecule has 3 unspecified atom stereocenters. The molecule has 0 fully saturated rings. The van der Waals surface area contributed by atoms with Gasteiger partial charge in [-0.1, -0.05) is 159 Å². The first-order chi connectivity index (χ1) is 24.5. The molecule has 0 heterocycles. The third-order valence-corrected chi connectivity index (χ3v) is 10.0. The highest BCUT2D eigenvalue weighted by atomic mass is 31.2. The lowest BCUT2D eigenvalue weighted by atomic mass is 10.0. The van der Waals surface area contributed by atoms with Crippen LogP contribution in [0.4, 0.5) is 0 Å². The maximum atomic E-state index is 12.8. The third-order valence-electron chi connectivity index (χ3n) is 9.08. The van der Waals surface area contributed by atoms with Gasteiger partial charge in [-0.2, -0.15) is 0 Å². The van der Waals surface area contributed by atoms with Crippen LogP contribution in [0.2, 0.25) is 0 Å². The Morgan fingerprint density at radius 2 is 1.10 bits per heavy atom. The van der Waals surface area contributed by atoms with Crippen molar-refractivity contribution in [1.82, 2.24) is 5.32 Å². The molecule has 1 amide bonds. The van der Waals surface area contributed by atoms with Gasteiger partial charge in [0.15, 0.2) is 0 Å². The van der Waals surface area contributed by atoms with Crippen molar-refractivity contribution in [2.24, 2.45) is 0 Å². The number of allylic oxidation sites excluding steroid dienone is 5. The molecule has 9 heteroatoms. The van der Waals surface area contributed by atoms with Crippen LogP contribution in [-0.2, 0) is 18.4 Å². The number of phosphoric ester groups is 1. The summed E-state index contributed by atoms with van der Waals surface area (Å²) in [4.78, 5) is 25.2. The zero-order valence-corrected chi connectivity index (χ0v) is 34.7. The summed E-state index contributed by atoms with van der Waals surface area (Å²) in [6.45, 7) is 4.59. The first kappa shape index (κ1) is 49.7. The predicted octanol–water partition coefficient (Wildman–Crippen LogP) is 10.5. The summed E-state index contributed by atoms with van der Waals surface area (Å²) in [5, 5.41) is 13.7. The van der Waals surface area contributed by atoms with E-state index in [0.717, 1.165) is 44.9 Å². The van der Waals surface area contributed by atoms with Crippen molar-refractivity contribution in [2.45, 2.75) is 187 Å². The molecule has 3 atom stereocenters. The average Bonchev–Trinajstić information content (AvgIpc) is 3.07. The number of nitrogens with one attached hydrogen (secondary N) is 1. The Labute approximate surface area is 315 Å². The lowest BCUT2D eigenvalue weighted by Crippen LogP contribution is -2.45. The van der Waals surface area contributed by atoms with Gasteiger partial charge in [0, 0.05) is 6.42 Å². The number of aliphatic hydroxyl groups excluding tert-OH is 1. The number of nitrogens with zero attached hydrogens (tertiary/aromatic N) is 1. The molecule has 0 aromatic rings. The molecule has 0 aliphatic carbocycles. The molecule has 0 bridgehead atoms. The largest absolute Gasteiger partial charge is 0.756 e. The Hall–Kier alpha value is -1.28. The standard InChI is InChI=1S/C42H81N2O6P/c1-6-8-10-12-14-16-18-20-21-22-23-24-25-27-29-31-33-35-41(45)40(39-50-51(47,48)49-38-37-44(3,4)5)43-42(46)36-34-32-30-28-26-19-17-15-13-11-9-7-2/h21-22,25,27,33,35,40-41,45H,6-20,23-24,26,28-32,34,36-39H2,1-5H3,(H-,43,46,47,48)/b22-21+,27-25+,35-33+. The third kappa shape index (κ3) is 36.9. The number of unbranched alkanes of at least 4 members (excludes halogenated alkanes) is 20. The van der Waals surface area contributed by atoms with Gasteiger partial charge in [-0.25, -0.2) is 0 Å². The molecule has 0 spiro atoms. The fourth-order valence-corrected chi connectivity index (χ4v) is 6.43. The van der Waals surface area contributed by atoms with Crippen molar-refractivity contribution in [3.05, 3.63) is 36.5 Å². The van der Waals surface area contributed by atoms with Crippen LogP contribution in [0.15, 0.2) is 36.5 Å². The topological polar surface area (TPSA) is 108 Å². The van der Waals surface area contributed by atoms with Crippen LogP contribution in [0, 0.1) is 0 Å². The van der Waals surface area contributed by atoms with Crippen LogP contribution in [0.1, 0.15) is 174 Å². The van der Waals surface area contributed by atoms with Gasteiger partial charge in [0.05, 0.1) is 39.9 Å². The van der Waals surface area contributed by atoms with Crippen LogP contribution in [0.3, 0.4) is 0 Å². The quantitative estimate of drug-likeness (QED) is 0.0284. The first-order valence-corrected chi connectivity index (χ1v) is 22.3. The molecule has 0 rings (SSSR count). The van der Waals surface area contributed by atoms with Crippen LogP contribution < -0.4 is 10.2 Å². The number of carbonyl (C=O) groups is 1. The number of phosphoric acid groups is 1. The maximum Gasteiger partial charge on any atom is 0.268 e. The molecule has 300 valence electrons. The molecule has 0 aromatic heterocycles.